The van der Waals surface area contributed by atoms with Gasteiger partial charge in [-0.2, -0.15) is 0 Å². The number of cyclic esters (lactones) is 1. The summed E-state index contributed by atoms with van der Waals surface area (Å²) < 4.78 is 6.14. The Morgan fingerprint density at radius 2 is 2.00 bits per heavy atom. The molecule has 4 rings (SSSR count). The summed E-state index contributed by atoms with van der Waals surface area (Å²) in [4.78, 5) is 27.7. The van der Waals surface area contributed by atoms with Crippen molar-refractivity contribution in [3.05, 3.63) is 82.4 Å². The maximum absolute atomic E-state index is 13.0. The number of hydrogen-bond acceptors (Lipinski definition) is 4. The average molecular weight is 431 g/mol. The third-order valence-corrected chi connectivity index (χ3v) is 6.24. The molecular formula is C27H30N2O3. The molecule has 2 N–H and O–H groups in total. The van der Waals surface area contributed by atoms with Gasteiger partial charge >= 0.3 is 5.97 Å². The Morgan fingerprint density at radius 3 is 2.72 bits per heavy atom. The Balaban J connectivity index is 1.66. The number of ether oxygens (including phenoxy) is 1. The third-order valence-electron chi connectivity index (χ3n) is 6.24. The van der Waals surface area contributed by atoms with Gasteiger partial charge in [0.2, 0.25) is 5.91 Å². The third kappa shape index (κ3) is 4.07. The van der Waals surface area contributed by atoms with E-state index in [4.69, 9.17) is 10.5 Å². The topological polar surface area (TPSA) is 72.6 Å². The maximum Gasteiger partial charge on any atom is 0.335 e. The number of rotatable bonds is 5. The van der Waals surface area contributed by atoms with Crippen molar-refractivity contribution in [2.75, 3.05) is 18.8 Å². The molecule has 1 unspecified atom stereocenters. The summed E-state index contributed by atoms with van der Waals surface area (Å²) in [6.07, 6.45) is 4.50. The monoisotopic (exact) mass is 430 g/mol. The molecule has 1 amide bonds. The highest BCUT2D eigenvalue weighted by Crippen LogP contribution is 2.48. The van der Waals surface area contributed by atoms with Gasteiger partial charge < -0.3 is 15.4 Å². The fourth-order valence-corrected chi connectivity index (χ4v) is 4.75. The van der Waals surface area contributed by atoms with Crippen LogP contribution in [0, 0.1) is 12.8 Å². The minimum Gasteiger partial charge on any atom is -0.446 e. The van der Waals surface area contributed by atoms with Gasteiger partial charge in [-0.05, 0) is 43.4 Å². The zero-order chi connectivity index (χ0) is 22.9. The molecule has 0 bridgehead atoms. The van der Waals surface area contributed by atoms with Crippen molar-refractivity contribution in [1.29, 1.82) is 0 Å². The molecule has 2 aliphatic rings. The first-order valence-corrected chi connectivity index (χ1v) is 11.1. The molecule has 0 aliphatic carbocycles. The first-order valence-electron chi connectivity index (χ1n) is 11.1. The van der Waals surface area contributed by atoms with E-state index in [1.807, 2.05) is 49.4 Å². The predicted octanol–water partition coefficient (Wildman–Crippen LogP) is 4.62. The van der Waals surface area contributed by atoms with E-state index in [-0.39, 0.29) is 11.9 Å². The Morgan fingerprint density at radius 1 is 1.22 bits per heavy atom. The maximum atomic E-state index is 13.0. The second-order valence-electron chi connectivity index (χ2n) is 9.11. The molecule has 1 atom stereocenters. The van der Waals surface area contributed by atoms with Gasteiger partial charge in [-0.1, -0.05) is 61.9 Å². The van der Waals surface area contributed by atoms with E-state index in [2.05, 4.69) is 19.9 Å². The Labute approximate surface area is 189 Å². The molecule has 0 radical (unpaired) electrons. The van der Waals surface area contributed by atoms with Crippen molar-refractivity contribution in [2.24, 2.45) is 5.92 Å². The normalized spacial score (nSPS) is 20.8. The lowest BCUT2D eigenvalue weighted by molar-refractivity contribution is -0.149. The van der Waals surface area contributed by atoms with Crippen LogP contribution >= 0.6 is 0 Å². The van der Waals surface area contributed by atoms with Crippen molar-refractivity contribution in [2.45, 2.75) is 39.2 Å². The molecule has 2 aliphatic heterocycles. The lowest BCUT2D eigenvalue weighted by Gasteiger charge is -2.37. The molecule has 2 aromatic rings. The summed E-state index contributed by atoms with van der Waals surface area (Å²) in [5.41, 5.74) is 10.4. The van der Waals surface area contributed by atoms with Crippen molar-refractivity contribution in [3.63, 3.8) is 0 Å². The van der Waals surface area contributed by atoms with Crippen LogP contribution in [0.2, 0.25) is 0 Å². The fourth-order valence-electron chi connectivity index (χ4n) is 4.75. The summed E-state index contributed by atoms with van der Waals surface area (Å²) in [5.74, 6) is -0.0362. The molecule has 0 spiro atoms. The average Bonchev–Trinajstić information content (AvgIpc) is 3.04. The molecule has 0 saturated carbocycles. The number of aryl methyl sites for hydroxylation is 1. The molecule has 0 fully saturated rings. The van der Waals surface area contributed by atoms with Crippen molar-refractivity contribution in [1.82, 2.24) is 4.90 Å². The number of carbonyl (C=O) groups is 2. The first-order chi connectivity index (χ1) is 15.3. The van der Waals surface area contributed by atoms with Crippen LogP contribution in [0.3, 0.4) is 0 Å². The Hall–Kier alpha value is -3.34. The summed E-state index contributed by atoms with van der Waals surface area (Å²) >= 11 is 0. The number of nitrogens with two attached hydrogens (primary N) is 1. The quantitative estimate of drug-likeness (QED) is 0.427. The van der Waals surface area contributed by atoms with Crippen LogP contribution in [0.15, 0.2) is 65.8 Å². The lowest BCUT2D eigenvalue weighted by Crippen LogP contribution is -2.41. The Bertz CT molecular complexity index is 1120. The SMILES string of the molecule is Cc1cccc(C2(CC(C)C)OC(=O)C3=C2CN(C(=O)/C=C/c2ccccc2N)CC3)c1. The van der Waals surface area contributed by atoms with Gasteiger partial charge in [0.15, 0.2) is 5.60 Å². The molecule has 2 heterocycles. The Kier molecular flexibility index (Phi) is 5.92. The van der Waals surface area contributed by atoms with Crippen LogP contribution in [-0.2, 0) is 19.9 Å². The van der Waals surface area contributed by atoms with E-state index in [0.717, 1.165) is 27.8 Å². The predicted molar refractivity (Wildman–Crippen MR) is 127 cm³/mol. The zero-order valence-corrected chi connectivity index (χ0v) is 18.9. The first kappa shape index (κ1) is 21.9. The van der Waals surface area contributed by atoms with Crippen molar-refractivity contribution in [3.8, 4) is 0 Å². The smallest absolute Gasteiger partial charge is 0.335 e. The van der Waals surface area contributed by atoms with Gasteiger partial charge in [0.25, 0.3) is 0 Å². The van der Waals surface area contributed by atoms with Crippen LogP contribution in [0.25, 0.3) is 6.08 Å². The van der Waals surface area contributed by atoms with Crippen LogP contribution in [0.4, 0.5) is 5.69 Å². The van der Waals surface area contributed by atoms with Crippen LogP contribution < -0.4 is 5.73 Å². The van der Waals surface area contributed by atoms with Gasteiger partial charge in [0, 0.05) is 41.6 Å². The van der Waals surface area contributed by atoms with Gasteiger partial charge in [-0.15, -0.1) is 0 Å². The molecule has 166 valence electrons. The van der Waals surface area contributed by atoms with Gasteiger partial charge in [0.1, 0.15) is 0 Å². The summed E-state index contributed by atoms with van der Waals surface area (Å²) in [5, 5.41) is 0. The van der Waals surface area contributed by atoms with E-state index in [0.29, 0.717) is 37.5 Å². The molecular weight excluding hydrogens is 400 g/mol. The summed E-state index contributed by atoms with van der Waals surface area (Å²) in [6.45, 7) is 7.17. The van der Waals surface area contributed by atoms with Crippen LogP contribution in [-0.4, -0.2) is 29.9 Å². The molecule has 0 aromatic heterocycles. The standard InChI is InChI=1S/C27H30N2O3/c1-18(2)16-27(21-9-6-7-19(3)15-21)23-17-29(14-13-22(23)26(31)32-27)25(30)12-11-20-8-4-5-10-24(20)28/h4-12,15,18H,13-14,16-17,28H2,1-3H3/b12-11+. The van der Waals surface area contributed by atoms with Gasteiger partial charge in [-0.25, -0.2) is 4.79 Å². The van der Waals surface area contributed by atoms with E-state index < -0.39 is 5.60 Å². The highest BCUT2D eigenvalue weighted by molar-refractivity contribution is 5.96. The lowest BCUT2D eigenvalue weighted by atomic mass is 9.77. The van der Waals surface area contributed by atoms with E-state index in [1.54, 1.807) is 17.1 Å². The van der Waals surface area contributed by atoms with Crippen LogP contribution in [0.5, 0.6) is 0 Å². The highest BCUT2D eigenvalue weighted by Gasteiger charge is 2.50. The number of benzene rings is 2. The van der Waals surface area contributed by atoms with Gasteiger partial charge in [-0.3, -0.25) is 4.79 Å². The summed E-state index contributed by atoms with van der Waals surface area (Å²) in [7, 11) is 0. The molecule has 5 heteroatoms. The number of esters is 1. The number of carbonyl (C=O) groups excluding carboxylic acids is 2. The number of nitrogens with zero attached hydrogens (tertiary/aromatic N) is 1. The second-order valence-corrected chi connectivity index (χ2v) is 9.11. The van der Waals surface area contributed by atoms with E-state index >= 15 is 0 Å². The van der Waals surface area contributed by atoms with Crippen LogP contribution in [0.1, 0.15) is 43.4 Å². The minimum atomic E-state index is -0.820. The number of para-hydroxylation sites is 1. The summed E-state index contributed by atoms with van der Waals surface area (Å²) in [6, 6.07) is 15.6. The molecule has 2 aromatic carbocycles. The van der Waals surface area contributed by atoms with Crippen molar-refractivity contribution < 1.29 is 14.3 Å². The van der Waals surface area contributed by atoms with E-state index in [9.17, 15) is 9.59 Å². The second kappa shape index (κ2) is 8.65. The molecule has 32 heavy (non-hydrogen) atoms. The number of nitrogen functional groups attached to an aromatic ring is 1. The number of anilines is 1. The number of hydrogen-bond donors (Lipinski definition) is 1. The molecule has 0 saturated heterocycles. The highest BCUT2D eigenvalue weighted by atomic mass is 16.6. The fraction of sp³-hybridized carbons (Fsp3) is 0.333. The molecule has 5 nitrogen and oxygen atoms in total. The van der Waals surface area contributed by atoms with Crippen molar-refractivity contribution >= 4 is 23.6 Å². The minimum absolute atomic E-state index is 0.0955. The van der Waals surface area contributed by atoms with Gasteiger partial charge in [0.05, 0.1) is 0 Å². The largest absolute Gasteiger partial charge is 0.446 e. The zero-order valence-electron chi connectivity index (χ0n) is 18.9. The van der Waals surface area contributed by atoms with E-state index in [1.165, 1.54) is 0 Å². The number of amides is 1.